The van der Waals surface area contributed by atoms with Crippen molar-refractivity contribution in [2.45, 2.75) is 24.0 Å². The third-order valence-electron chi connectivity index (χ3n) is 4.82. The zero-order chi connectivity index (χ0) is 20.4. The molecule has 0 saturated carbocycles. The number of piperidine rings is 1. The highest BCUT2D eigenvalue weighted by molar-refractivity contribution is 7.98. The highest BCUT2D eigenvalue weighted by Crippen LogP contribution is 2.31. The molecule has 2 aromatic heterocycles. The molecule has 150 valence electrons. The van der Waals surface area contributed by atoms with Crippen LogP contribution in [-0.4, -0.2) is 38.8 Å². The summed E-state index contributed by atoms with van der Waals surface area (Å²) in [6.07, 6.45) is 5.29. The topological polar surface area (TPSA) is 112 Å². The lowest BCUT2D eigenvalue weighted by molar-refractivity contribution is -0.385. The molecule has 1 aromatic carbocycles. The van der Waals surface area contributed by atoms with Crippen molar-refractivity contribution in [1.29, 1.82) is 0 Å². The van der Waals surface area contributed by atoms with E-state index >= 15 is 0 Å². The summed E-state index contributed by atoms with van der Waals surface area (Å²) in [5.41, 5.74) is -0.0278. The molecule has 0 spiro atoms. The molecule has 1 saturated heterocycles. The molecule has 1 aliphatic heterocycles. The number of nitro groups is 1. The number of benzene rings is 1. The van der Waals surface area contributed by atoms with Crippen molar-refractivity contribution in [1.82, 2.24) is 19.9 Å². The number of nitrogens with one attached hydrogen (secondary N) is 1. The highest BCUT2D eigenvalue weighted by atomic mass is 32.2. The second-order valence-corrected chi connectivity index (χ2v) is 7.42. The maximum absolute atomic E-state index is 13.3. The Hall–Kier alpha value is -2.98. The minimum absolute atomic E-state index is 0.0119. The van der Waals surface area contributed by atoms with Gasteiger partial charge in [0.2, 0.25) is 5.75 Å². The molecule has 0 bridgehead atoms. The number of pyridine rings is 1. The minimum Gasteiger partial charge on any atom is -0.444 e. The quantitative estimate of drug-likeness (QED) is 0.294. The molecular formula is C19H19N5O4S. The summed E-state index contributed by atoms with van der Waals surface area (Å²) in [5, 5.41) is 15.8. The predicted molar refractivity (Wildman–Crippen MR) is 110 cm³/mol. The number of para-hydroxylation sites is 2. The Bertz CT molecular complexity index is 1130. The van der Waals surface area contributed by atoms with Gasteiger partial charge >= 0.3 is 5.69 Å². The van der Waals surface area contributed by atoms with E-state index in [4.69, 9.17) is 4.74 Å². The van der Waals surface area contributed by atoms with Gasteiger partial charge in [0.05, 0.1) is 11.0 Å². The zero-order valence-electron chi connectivity index (χ0n) is 15.7. The van der Waals surface area contributed by atoms with Gasteiger partial charge in [-0.2, -0.15) is 0 Å². The van der Waals surface area contributed by atoms with E-state index in [0.717, 1.165) is 19.4 Å². The van der Waals surface area contributed by atoms with Crippen molar-refractivity contribution in [3.8, 4) is 11.5 Å². The van der Waals surface area contributed by atoms with Crippen LogP contribution in [0.4, 0.5) is 5.69 Å². The van der Waals surface area contributed by atoms with Crippen LogP contribution in [0.5, 0.6) is 11.5 Å². The summed E-state index contributed by atoms with van der Waals surface area (Å²) in [7, 11) is 0. The lowest BCUT2D eigenvalue weighted by Gasteiger charge is -2.26. The smallest absolute Gasteiger partial charge is 0.311 e. The van der Waals surface area contributed by atoms with E-state index in [1.165, 1.54) is 23.9 Å². The molecule has 9 nitrogen and oxygen atoms in total. The number of nitro benzene ring substituents is 1. The summed E-state index contributed by atoms with van der Waals surface area (Å²) < 4.78 is 7.37. The normalized spacial score (nSPS) is 16.7. The first-order chi connectivity index (χ1) is 14.1. The number of hydrogen-bond donors (Lipinski definition) is 1. The number of hydrogen-bond acceptors (Lipinski definition) is 8. The molecule has 0 radical (unpaired) electrons. The minimum atomic E-state index is -0.534. The van der Waals surface area contributed by atoms with Crippen LogP contribution in [-0.2, 0) is 0 Å². The van der Waals surface area contributed by atoms with Crippen molar-refractivity contribution in [3.63, 3.8) is 0 Å². The summed E-state index contributed by atoms with van der Waals surface area (Å²) in [6.45, 7) is 1.54. The van der Waals surface area contributed by atoms with Gasteiger partial charge in [0.1, 0.15) is 5.65 Å². The number of ether oxygens (including phenoxy) is 1. The fourth-order valence-electron chi connectivity index (χ4n) is 3.46. The molecule has 3 aromatic rings. The van der Waals surface area contributed by atoms with E-state index in [2.05, 4.69) is 15.3 Å². The lowest BCUT2D eigenvalue weighted by Crippen LogP contribution is -2.37. The number of fused-ring (bicyclic) bond motifs is 1. The maximum Gasteiger partial charge on any atom is 0.311 e. The van der Waals surface area contributed by atoms with Crippen LogP contribution in [0.3, 0.4) is 0 Å². The molecule has 1 unspecified atom stereocenters. The average Bonchev–Trinajstić information content (AvgIpc) is 2.75. The molecule has 0 amide bonds. The van der Waals surface area contributed by atoms with Crippen LogP contribution in [0, 0.1) is 10.1 Å². The first-order valence-corrected chi connectivity index (χ1v) is 10.4. The first kappa shape index (κ1) is 19.3. The highest BCUT2D eigenvalue weighted by Gasteiger charge is 2.23. The molecular weight excluding hydrogens is 394 g/mol. The van der Waals surface area contributed by atoms with Crippen LogP contribution in [0.1, 0.15) is 18.9 Å². The number of thioether (sulfide) groups is 1. The molecule has 1 N–H and O–H groups in total. The number of rotatable bonds is 5. The van der Waals surface area contributed by atoms with E-state index < -0.39 is 4.92 Å². The third kappa shape index (κ3) is 3.81. The molecule has 0 aliphatic carbocycles. The Morgan fingerprint density at radius 3 is 2.90 bits per heavy atom. The Morgan fingerprint density at radius 1 is 1.34 bits per heavy atom. The Kier molecular flexibility index (Phi) is 5.45. The summed E-state index contributed by atoms with van der Waals surface area (Å²) in [5.74, 6) is 0.0294. The van der Waals surface area contributed by atoms with E-state index in [1.807, 2.05) is 6.26 Å². The molecule has 1 fully saturated rings. The van der Waals surface area contributed by atoms with Gasteiger partial charge in [-0.1, -0.05) is 23.9 Å². The van der Waals surface area contributed by atoms with Gasteiger partial charge in [0.15, 0.2) is 10.9 Å². The zero-order valence-corrected chi connectivity index (χ0v) is 16.5. The predicted octanol–water partition coefficient (Wildman–Crippen LogP) is 3.14. The molecule has 29 heavy (non-hydrogen) atoms. The van der Waals surface area contributed by atoms with Crippen LogP contribution in [0.25, 0.3) is 11.0 Å². The van der Waals surface area contributed by atoms with Crippen LogP contribution >= 0.6 is 11.8 Å². The fraction of sp³-hybridized carbons (Fsp3) is 0.316. The van der Waals surface area contributed by atoms with Crippen LogP contribution in [0.2, 0.25) is 0 Å². The third-order valence-corrected chi connectivity index (χ3v) is 5.38. The Balaban J connectivity index is 1.88. The average molecular weight is 413 g/mol. The van der Waals surface area contributed by atoms with E-state index in [9.17, 15) is 14.9 Å². The van der Waals surface area contributed by atoms with Crippen molar-refractivity contribution in [2.75, 3.05) is 19.3 Å². The van der Waals surface area contributed by atoms with Crippen molar-refractivity contribution in [2.24, 2.45) is 0 Å². The van der Waals surface area contributed by atoms with Gasteiger partial charge in [0, 0.05) is 24.2 Å². The Morgan fingerprint density at radius 2 is 2.17 bits per heavy atom. The molecule has 1 atom stereocenters. The standard InChI is InChI=1S/C19H19N5O4S/c1-29-19-21-10-12-9-16(28-15-7-3-2-6-14(15)24(26)27)18(25)23(17(12)22-19)13-5-4-8-20-11-13/h2-3,6-7,9-10,13,20H,4-5,8,11H2,1H3. The van der Waals surface area contributed by atoms with Crippen LogP contribution in [0.15, 0.2) is 46.5 Å². The molecule has 4 rings (SSSR count). The monoisotopic (exact) mass is 413 g/mol. The van der Waals surface area contributed by atoms with Gasteiger partial charge in [-0.15, -0.1) is 0 Å². The molecule has 1 aliphatic rings. The van der Waals surface area contributed by atoms with E-state index in [0.29, 0.717) is 22.7 Å². The van der Waals surface area contributed by atoms with E-state index in [1.54, 1.807) is 29.0 Å². The van der Waals surface area contributed by atoms with Crippen molar-refractivity contribution >= 4 is 28.5 Å². The largest absolute Gasteiger partial charge is 0.444 e. The van der Waals surface area contributed by atoms with Crippen molar-refractivity contribution < 1.29 is 9.66 Å². The summed E-state index contributed by atoms with van der Waals surface area (Å²) in [4.78, 5) is 33.0. The maximum atomic E-state index is 13.3. The second-order valence-electron chi connectivity index (χ2n) is 6.65. The second kappa shape index (κ2) is 8.18. The van der Waals surface area contributed by atoms with Gasteiger partial charge in [-0.3, -0.25) is 19.5 Å². The summed E-state index contributed by atoms with van der Waals surface area (Å²) in [6, 6.07) is 7.45. The fourth-order valence-corrected chi connectivity index (χ4v) is 3.79. The molecule has 3 heterocycles. The SMILES string of the molecule is CSc1ncc2cc(Oc3ccccc3[N+](=O)[O-])c(=O)n(C3CCCNC3)c2n1. The Labute approximate surface area is 170 Å². The number of aromatic nitrogens is 3. The first-order valence-electron chi connectivity index (χ1n) is 9.16. The van der Waals surface area contributed by atoms with Gasteiger partial charge in [-0.25, -0.2) is 9.97 Å². The number of nitrogens with zero attached hydrogens (tertiary/aromatic N) is 4. The summed E-state index contributed by atoms with van der Waals surface area (Å²) >= 11 is 1.40. The molecule has 10 heteroatoms. The van der Waals surface area contributed by atoms with Crippen LogP contribution < -0.4 is 15.6 Å². The van der Waals surface area contributed by atoms with E-state index in [-0.39, 0.29) is 28.8 Å². The van der Waals surface area contributed by atoms with Gasteiger partial charge in [-0.05, 0) is 37.8 Å². The van der Waals surface area contributed by atoms with Crippen molar-refractivity contribution in [3.05, 3.63) is 57.0 Å². The lowest BCUT2D eigenvalue weighted by atomic mass is 10.1. The van der Waals surface area contributed by atoms with Gasteiger partial charge < -0.3 is 10.1 Å². The van der Waals surface area contributed by atoms with Gasteiger partial charge in [0.25, 0.3) is 5.56 Å².